The maximum absolute atomic E-state index is 12.7. The van der Waals surface area contributed by atoms with Crippen molar-refractivity contribution < 1.29 is 14.7 Å². The first-order valence-electron chi connectivity index (χ1n) is 12.0. The second-order valence-electron chi connectivity index (χ2n) is 9.51. The number of rotatable bonds is 5. The average molecular weight is 487 g/mol. The van der Waals surface area contributed by atoms with Crippen LogP contribution in [0, 0.1) is 0 Å². The zero-order valence-electron chi connectivity index (χ0n) is 19.8. The summed E-state index contributed by atoms with van der Waals surface area (Å²) in [5.74, 6) is -0.171. The number of Topliss-reactive ketones (excluding diaryl/α,β-unsaturated/α-hetero) is 1. The van der Waals surface area contributed by atoms with Crippen LogP contribution < -0.4 is 5.73 Å². The van der Waals surface area contributed by atoms with E-state index in [-0.39, 0.29) is 35.5 Å². The molecular weight excluding hydrogens is 460 g/mol. The largest absolute Gasteiger partial charge is 0.387 e. The number of imidazole rings is 1. The lowest BCUT2D eigenvalue weighted by Crippen LogP contribution is -2.47. The number of aliphatic hydroxyl groups excluding tert-OH is 1. The Bertz CT molecular complexity index is 1450. The number of hydrogen-bond donors (Lipinski definition) is 3. The predicted octanol–water partition coefficient (Wildman–Crippen LogP) is 2.20. The fourth-order valence-corrected chi connectivity index (χ4v) is 5.89. The second kappa shape index (κ2) is 8.52. The number of amides is 1. The van der Waals surface area contributed by atoms with Gasteiger partial charge in [0.2, 0.25) is 5.91 Å². The lowest BCUT2D eigenvalue weighted by atomic mass is 9.85. The van der Waals surface area contributed by atoms with E-state index in [1.807, 2.05) is 17.0 Å². The number of nitrogens with zero attached hydrogens (tertiary/aromatic N) is 6. The topological polar surface area (TPSA) is 155 Å². The van der Waals surface area contributed by atoms with E-state index in [1.54, 1.807) is 24.9 Å². The van der Waals surface area contributed by atoms with E-state index in [2.05, 4.69) is 20.1 Å². The molecule has 4 aromatic heterocycles. The minimum Gasteiger partial charge on any atom is -0.387 e. The minimum atomic E-state index is -0.486. The van der Waals surface area contributed by atoms with Gasteiger partial charge in [0.1, 0.15) is 18.1 Å². The standard InChI is InChI=1S/C25H26N8O3/c1-13(35)22-23(15-6-16-3-4-17(7-15)32(16)21(36)11-34)31-25-18(9-30-33(25)24(22)26)14-2-5-19(28-8-14)20-10-27-12-29-20/h2,5,8-10,12,15-17,34H,3-4,6-7,11,26H2,1H3,(H,27,29)/t15-,16+,17-. The molecule has 0 spiro atoms. The predicted molar refractivity (Wildman–Crippen MR) is 131 cm³/mol. The van der Waals surface area contributed by atoms with Crippen molar-refractivity contribution in [3.63, 3.8) is 0 Å². The highest BCUT2D eigenvalue weighted by Crippen LogP contribution is 2.44. The van der Waals surface area contributed by atoms with Crippen LogP contribution in [0.25, 0.3) is 28.2 Å². The van der Waals surface area contributed by atoms with Crippen LogP contribution in [0.15, 0.2) is 37.1 Å². The van der Waals surface area contributed by atoms with Crippen molar-refractivity contribution in [2.24, 2.45) is 0 Å². The number of aromatic amines is 1. The Hall–Kier alpha value is -4.12. The summed E-state index contributed by atoms with van der Waals surface area (Å²) in [5, 5.41) is 13.8. The summed E-state index contributed by atoms with van der Waals surface area (Å²) in [5.41, 5.74) is 11.2. The zero-order chi connectivity index (χ0) is 25.0. The van der Waals surface area contributed by atoms with Gasteiger partial charge in [0.15, 0.2) is 11.4 Å². The van der Waals surface area contributed by atoms with Gasteiger partial charge in [-0.2, -0.15) is 9.61 Å². The van der Waals surface area contributed by atoms with E-state index in [0.717, 1.165) is 35.4 Å². The van der Waals surface area contributed by atoms with Gasteiger partial charge in [-0.05, 0) is 38.7 Å². The number of aromatic nitrogens is 6. The SMILES string of the molecule is CC(=O)c1c([C@H]2C[C@H]3CC[C@@H](C2)N3C(=O)CO)nc2c(-c3ccc(-c4c[nH]cn4)nc3)cnn2c1N. The molecule has 0 unspecified atom stereocenters. The van der Waals surface area contributed by atoms with E-state index in [9.17, 15) is 14.7 Å². The van der Waals surface area contributed by atoms with Crippen LogP contribution in [0.2, 0.25) is 0 Å². The molecule has 3 atom stereocenters. The lowest BCUT2D eigenvalue weighted by Gasteiger charge is -2.39. The van der Waals surface area contributed by atoms with Crippen molar-refractivity contribution in [3.05, 3.63) is 48.3 Å². The molecular formula is C25H26N8O3. The van der Waals surface area contributed by atoms with Gasteiger partial charge >= 0.3 is 0 Å². The quantitative estimate of drug-likeness (QED) is 0.363. The van der Waals surface area contributed by atoms with Crippen molar-refractivity contribution in [3.8, 4) is 22.5 Å². The molecule has 4 N–H and O–H groups in total. The number of fused-ring (bicyclic) bond motifs is 3. The van der Waals surface area contributed by atoms with Gasteiger partial charge < -0.3 is 20.7 Å². The molecule has 4 aromatic rings. The number of aliphatic hydroxyl groups is 1. The molecule has 2 saturated heterocycles. The summed E-state index contributed by atoms with van der Waals surface area (Å²) in [6.07, 6.45) is 9.93. The van der Waals surface area contributed by atoms with E-state index < -0.39 is 6.61 Å². The number of pyridine rings is 1. The molecule has 11 heteroatoms. The number of hydrogen-bond acceptors (Lipinski definition) is 8. The lowest BCUT2D eigenvalue weighted by molar-refractivity contribution is -0.138. The molecule has 2 aliphatic heterocycles. The van der Waals surface area contributed by atoms with Crippen LogP contribution in [0.4, 0.5) is 5.82 Å². The number of nitrogens with two attached hydrogens (primary N) is 1. The number of H-pyrrole nitrogens is 1. The highest BCUT2D eigenvalue weighted by molar-refractivity contribution is 6.00. The molecule has 36 heavy (non-hydrogen) atoms. The van der Waals surface area contributed by atoms with E-state index in [1.165, 1.54) is 11.4 Å². The maximum Gasteiger partial charge on any atom is 0.248 e. The summed E-state index contributed by atoms with van der Waals surface area (Å²) in [4.78, 5) is 43.5. The van der Waals surface area contributed by atoms with Crippen LogP contribution >= 0.6 is 0 Å². The highest BCUT2D eigenvalue weighted by Gasteiger charge is 2.44. The number of carbonyl (C=O) groups is 2. The number of piperidine rings is 1. The van der Waals surface area contributed by atoms with Gasteiger partial charge in [0.05, 0.1) is 29.5 Å². The smallest absolute Gasteiger partial charge is 0.248 e. The summed E-state index contributed by atoms with van der Waals surface area (Å²) in [6, 6.07) is 3.87. The van der Waals surface area contributed by atoms with E-state index in [0.29, 0.717) is 29.7 Å². The van der Waals surface area contributed by atoms with Gasteiger partial charge in [-0.25, -0.2) is 9.97 Å². The Kier molecular flexibility index (Phi) is 5.29. The highest BCUT2D eigenvalue weighted by atomic mass is 16.3. The fourth-order valence-electron chi connectivity index (χ4n) is 5.89. The summed E-state index contributed by atoms with van der Waals surface area (Å²) in [7, 11) is 0. The van der Waals surface area contributed by atoms with Crippen LogP contribution in [0.3, 0.4) is 0 Å². The summed E-state index contributed by atoms with van der Waals surface area (Å²) < 4.78 is 1.51. The van der Waals surface area contributed by atoms with E-state index in [4.69, 9.17) is 10.7 Å². The number of carbonyl (C=O) groups excluding carboxylic acids is 2. The first-order chi connectivity index (χ1) is 17.5. The molecule has 6 rings (SSSR count). The van der Waals surface area contributed by atoms with Crippen LogP contribution in [0.1, 0.15) is 54.6 Å². The molecule has 184 valence electrons. The molecule has 11 nitrogen and oxygen atoms in total. The van der Waals surface area contributed by atoms with Crippen molar-refractivity contribution in [1.29, 1.82) is 0 Å². The maximum atomic E-state index is 12.7. The number of anilines is 1. The Morgan fingerprint density at radius 1 is 1.14 bits per heavy atom. The molecule has 2 fully saturated rings. The summed E-state index contributed by atoms with van der Waals surface area (Å²) >= 11 is 0. The number of ketones is 1. The Labute approximate surface area is 206 Å². The third-order valence-electron chi connectivity index (χ3n) is 7.44. The van der Waals surface area contributed by atoms with Crippen molar-refractivity contribution in [2.75, 3.05) is 12.3 Å². The normalized spacial score (nSPS) is 21.3. The fraction of sp³-hybridized carbons (Fsp3) is 0.360. The molecule has 0 radical (unpaired) electrons. The molecule has 0 aliphatic carbocycles. The molecule has 0 aromatic carbocycles. The van der Waals surface area contributed by atoms with E-state index >= 15 is 0 Å². The van der Waals surface area contributed by atoms with Crippen molar-refractivity contribution in [2.45, 2.75) is 50.6 Å². The second-order valence-corrected chi connectivity index (χ2v) is 9.51. The third-order valence-corrected chi connectivity index (χ3v) is 7.44. The number of nitrogen functional groups attached to an aromatic ring is 1. The Balaban J connectivity index is 1.42. The minimum absolute atomic E-state index is 0.0237. The van der Waals surface area contributed by atoms with Gasteiger partial charge in [-0.15, -0.1) is 0 Å². The average Bonchev–Trinajstić information content (AvgIpc) is 3.62. The molecule has 6 heterocycles. The van der Waals surface area contributed by atoms with Crippen LogP contribution in [0.5, 0.6) is 0 Å². The summed E-state index contributed by atoms with van der Waals surface area (Å²) in [6.45, 7) is 1.00. The van der Waals surface area contributed by atoms with Gasteiger partial charge in [-0.3, -0.25) is 14.6 Å². The zero-order valence-corrected chi connectivity index (χ0v) is 19.8. The Morgan fingerprint density at radius 2 is 1.92 bits per heavy atom. The Morgan fingerprint density at radius 3 is 2.53 bits per heavy atom. The molecule has 2 bridgehead atoms. The first kappa shape index (κ1) is 22.4. The first-order valence-corrected chi connectivity index (χ1v) is 12.0. The van der Waals surface area contributed by atoms with Crippen LogP contribution in [-0.4, -0.2) is 69.9 Å². The van der Waals surface area contributed by atoms with Gasteiger partial charge in [0.25, 0.3) is 0 Å². The van der Waals surface area contributed by atoms with Crippen LogP contribution in [-0.2, 0) is 4.79 Å². The molecule has 1 amide bonds. The van der Waals surface area contributed by atoms with Gasteiger partial charge in [0, 0.05) is 41.5 Å². The molecule has 0 saturated carbocycles. The molecule has 2 aliphatic rings. The monoisotopic (exact) mass is 486 g/mol. The van der Waals surface area contributed by atoms with Crippen molar-refractivity contribution >= 4 is 23.2 Å². The third kappa shape index (κ3) is 3.46. The van der Waals surface area contributed by atoms with Crippen molar-refractivity contribution in [1.82, 2.24) is 34.4 Å². The number of nitrogens with one attached hydrogen (secondary N) is 1. The van der Waals surface area contributed by atoms with Gasteiger partial charge in [-0.1, -0.05) is 6.07 Å².